The van der Waals surface area contributed by atoms with Crippen LogP contribution in [-0.4, -0.2) is 5.11 Å². The molecule has 0 amide bonds. The number of hydrogen-bond acceptors (Lipinski definition) is 1. The fourth-order valence-corrected chi connectivity index (χ4v) is 3.78. The van der Waals surface area contributed by atoms with Gasteiger partial charge in [0.15, 0.2) is 0 Å². The lowest BCUT2D eigenvalue weighted by atomic mass is 9.86. The number of alkyl halides is 1. The van der Waals surface area contributed by atoms with Crippen LogP contribution in [0.15, 0.2) is 12.1 Å². The Morgan fingerprint density at radius 2 is 1.28 bits per heavy atom. The first kappa shape index (κ1) is 22.4. The van der Waals surface area contributed by atoms with E-state index >= 15 is 0 Å². The fourth-order valence-electron chi connectivity index (χ4n) is 3.63. The molecule has 0 heterocycles. The zero-order valence-electron chi connectivity index (χ0n) is 16.9. The van der Waals surface area contributed by atoms with Crippen molar-refractivity contribution in [3.63, 3.8) is 0 Å². The van der Waals surface area contributed by atoms with E-state index in [0.29, 0.717) is 23.5 Å². The van der Waals surface area contributed by atoms with Crippen LogP contribution in [0.2, 0.25) is 0 Å². The second-order valence-electron chi connectivity index (χ2n) is 7.76. The van der Waals surface area contributed by atoms with Crippen molar-refractivity contribution in [3.8, 4) is 5.75 Å². The summed E-state index contributed by atoms with van der Waals surface area (Å²) in [6, 6.07) is 4.24. The normalized spacial score (nSPS) is 13.8. The molecular weight excluding hydrogens is 328 g/mol. The van der Waals surface area contributed by atoms with Crippen molar-refractivity contribution in [2.24, 2.45) is 0 Å². The van der Waals surface area contributed by atoms with Crippen LogP contribution in [-0.2, 0) is 5.88 Å². The Morgan fingerprint density at radius 1 is 0.800 bits per heavy atom. The van der Waals surface area contributed by atoms with E-state index in [0.717, 1.165) is 29.5 Å². The Morgan fingerprint density at radius 3 is 1.80 bits per heavy atom. The van der Waals surface area contributed by atoms with Crippen molar-refractivity contribution in [2.45, 2.75) is 110 Å². The molecule has 2 atom stereocenters. The summed E-state index contributed by atoms with van der Waals surface area (Å²) in [4.78, 5) is 0. The SMILES string of the molecule is CCCCCCCCC(C)c1cc(CCl)cc(C(C)CCCC)c1O. The molecule has 0 aliphatic carbocycles. The van der Waals surface area contributed by atoms with Crippen molar-refractivity contribution in [1.82, 2.24) is 0 Å². The quantitative estimate of drug-likeness (QED) is 0.275. The maximum absolute atomic E-state index is 10.9. The molecule has 0 saturated carbocycles. The molecule has 25 heavy (non-hydrogen) atoms. The van der Waals surface area contributed by atoms with Gasteiger partial charge >= 0.3 is 0 Å². The fraction of sp³-hybridized carbons (Fsp3) is 0.739. The molecular formula is C23H39ClO. The highest BCUT2D eigenvalue weighted by Gasteiger charge is 2.18. The minimum absolute atomic E-state index is 0.392. The third-order valence-electron chi connectivity index (χ3n) is 5.43. The van der Waals surface area contributed by atoms with E-state index in [1.807, 2.05) is 0 Å². The van der Waals surface area contributed by atoms with E-state index in [1.54, 1.807) is 0 Å². The molecule has 2 unspecified atom stereocenters. The van der Waals surface area contributed by atoms with Crippen molar-refractivity contribution >= 4 is 11.6 Å². The average Bonchev–Trinajstić information content (AvgIpc) is 2.62. The molecule has 144 valence electrons. The van der Waals surface area contributed by atoms with Crippen LogP contribution in [0.25, 0.3) is 0 Å². The van der Waals surface area contributed by atoms with Crippen molar-refractivity contribution in [3.05, 3.63) is 28.8 Å². The van der Waals surface area contributed by atoms with Crippen LogP contribution < -0.4 is 0 Å². The Hall–Kier alpha value is -0.690. The third-order valence-corrected chi connectivity index (χ3v) is 5.73. The average molecular weight is 367 g/mol. The number of benzene rings is 1. The van der Waals surface area contributed by atoms with E-state index in [4.69, 9.17) is 11.6 Å². The van der Waals surface area contributed by atoms with Crippen LogP contribution in [0.3, 0.4) is 0 Å². The maximum Gasteiger partial charge on any atom is 0.122 e. The summed E-state index contributed by atoms with van der Waals surface area (Å²) in [6.45, 7) is 8.95. The molecule has 1 aromatic rings. The molecule has 1 aromatic carbocycles. The lowest BCUT2D eigenvalue weighted by Crippen LogP contribution is -2.02. The molecule has 0 aliphatic rings. The molecule has 1 N–H and O–H groups in total. The van der Waals surface area contributed by atoms with Gasteiger partial charge < -0.3 is 5.11 Å². The molecule has 0 fully saturated rings. The second-order valence-corrected chi connectivity index (χ2v) is 8.02. The van der Waals surface area contributed by atoms with Crippen molar-refractivity contribution in [2.75, 3.05) is 0 Å². The summed E-state index contributed by atoms with van der Waals surface area (Å²) in [5, 5.41) is 10.9. The van der Waals surface area contributed by atoms with Gasteiger partial charge in [-0.2, -0.15) is 0 Å². The highest BCUT2D eigenvalue weighted by molar-refractivity contribution is 6.17. The van der Waals surface area contributed by atoms with Crippen LogP contribution in [0, 0.1) is 0 Å². The van der Waals surface area contributed by atoms with E-state index in [1.165, 1.54) is 51.4 Å². The number of rotatable bonds is 13. The van der Waals surface area contributed by atoms with Gasteiger partial charge in [-0.1, -0.05) is 91.2 Å². The molecule has 1 rings (SSSR count). The molecule has 2 heteroatoms. The largest absolute Gasteiger partial charge is 0.507 e. The van der Waals surface area contributed by atoms with Gasteiger partial charge in [0.2, 0.25) is 0 Å². The Labute approximate surface area is 161 Å². The first-order valence-electron chi connectivity index (χ1n) is 10.5. The predicted octanol–water partition coefficient (Wildman–Crippen LogP) is 8.28. The van der Waals surface area contributed by atoms with Crippen molar-refractivity contribution < 1.29 is 5.11 Å². The van der Waals surface area contributed by atoms with Gasteiger partial charge in [-0.3, -0.25) is 0 Å². The van der Waals surface area contributed by atoms with Gasteiger partial charge in [-0.05, 0) is 41.4 Å². The van der Waals surface area contributed by atoms with Crippen molar-refractivity contribution in [1.29, 1.82) is 0 Å². The summed E-state index contributed by atoms with van der Waals surface area (Å²) in [5.74, 6) is 1.83. The van der Waals surface area contributed by atoms with Gasteiger partial charge in [0.1, 0.15) is 5.75 Å². The Kier molecular flexibility index (Phi) is 11.3. The van der Waals surface area contributed by atoms with Crippen LogP contribution >= 0.6 is 11.6 Å². The predicted molar refractivity (Wildman–Crippen MR) is 112 cm³/mol. The molecule has 0 spiro atoms. The van der Waals surface area contributed by atoms with Gasteiger partial charge in [-0.15, -0.1) is 11.6 Å². The van der Waals surface area contributed by atoms with Gasteiger partial charge in [-0.25, -0.2) is 0 Å². The number of phenols is 1. The van der Waals surface area contributed by atoms with Gasteiger partial charge in [0.05, 0.1) is 0 Å². The van der Waals surface area contributed by atoms with E-state index < -0.39 is 0 Å². The van der Waals surface area contributed by atoms with Gasteiger partial charge in [0.25, 0.3) is 0 Å². The topological polar surface area (TPSA) is 20.2 Å². The standard InChI is InChI=1S/C23H39ClO/c1-5-7-9-10-11-12-14-19(4)22-16-20(17-24)15-21(23(22)25)18(3)13-8-6-2/h15-16,18-19,25H,5-14,17H2,1-4H3. The highest BCUT2D eigenvalue weighted by atomic mass is 35.5. The first-order chi connectivity index (χ1) is 12.0. The number of hydrogen-bond donors (Lipinski definition) is 1. The molecule has 0 aliphatic heterocycles. The highest BCUT2D eigenvalue weighted by Crippen LogP contribution is 2.38. The van der Waals surface area contributed by atoms with E-state index in [2.05, 4.69) is 39.8 Å². The zero-order chi connectivity index (χ0) is 18.7. The monoisotopic (exact) mass is 366 g/mol. The van der Waals surface area contributed by atoms with Crippen LogP contribution in [0.5, 0.6) is 5.75 Å². The van der Waals surface area contributed by atoms with E-state index in [9.17, 15) is 5.11 Å². The number of phenolic OH excluding ortho intramolecular Hbond substituents is 1. The summed E-state index contributed by atoms with van der Waals surface area (Å²) in [5.41, 5.74) is 3.34. The van der Waals surface area contributed by atoms with Crippen LogP contribution in [0.1, 0.15) is 120 Å². The summed E-state index contributed by atoms with van der Waals surface area (Å²) in [6.07, 6.45) is 12.6. The lowest BCUT2D eigenvalue weighted by molar-refractivity contribution is 0.442. The smallest absolute Gasteiger partial charge is 0.122 e. The third kappa shape index (κ3) is 7.60. The number of aromatic hydroxyl groups is 1. The lowest BCUT2D eigenvalue weighted by Gasteiger charge is -2.21. The van der Waals surface area contributed by atoms with Gasteiger partial charge in [0, 0.05) is 5.88 Å². The number of unbranched alkanes of at least 4 members (excludes halogenated alkanes) is 6. The van der Waals surface area contributed by atoms with E-state index in [-0.39, 0.29) is 0 Å². The molecule has 0 saturated heterocycles. The molecule has 0 radical (unpaired) electrons. The summed E-state index contributed by atoms with van der Waals surface area (Å²) >= 11 is 6.13. The van der Waals surface area contributed by atoms with Crippen LogP contribution in [0.4, 0.5) is 0 Å². The Balaban J connectivity index is 2.76. The summed E-state index contributed by atoms with van der Waals surface area (Å²) in [7, 11) is 0. The number of halogens is 1. The maximum atomic E-state index is 10.9. The summed E-state index contributed by atoms with van der Waals surface area (Å²) < 4.78 is 0. The molecule has 1 nitrogen and oxygen atoms in total. The zero-order valence-corrected chi connectivity index (χ0v) is 17.7. The molecule has 0 bridgehead atoms. The minimum atomic E-state index is 0.392. The minimum Gasteiger partial charge on any atom is -0.507 e. The Bertz CT molecular complexity index is 483. The second kappa shape index (κ2) is 12.6. The first-order valence-corrected chi connectivity index (χ1v) is 11.0. The molecule has 0 aromatic heterocycles.